The molecule has 1 aliphatic rings. The molecule has 0 radical (unpaired) electrons. The number of amides is 1. The van der Waals surface area contributed by atoms with E-state index in [0.717, 1.165) is 44.7 Å². The number of carbonyl (C=O) groups is 1. The van der Waals surface area contributed by atoms with E-state index in [0.29, 0.717) is 0 Å². The largest absolute Gasteiger partial charge is 0.380 e. The Bertz CT molecular complexity index is 449. The van der Waals surface area contributed by atoms with E-state index in [1.54, 1.807) is 0 Å². The summed E-state index contributed by atoms with van der Waals surface area (Å²) in [5, 5.41) is 0. The molecule has 20 heavy (non-hydrogen) atoms. The Balaban J connectivity index is 2.08. The first-order valence-electron chi connectivity index (χ1n) is 7.54. The number of rotatable bonds is 6. The van der Waals surface area contributed by atoms with Crippen LogP contribution < -0.4 is 0 Å². The SMILES string of the molecule is CCCN(CC1(C)COC1)C(=O)c1ccc(CC)cc1. The molecule has 3 nitrogen and oxygen atoms in total. The fourth-order valence-electron chi connectivity index (χ4n) is 2.59. The van der Waals surface area contributed by atoms with Crippen molar-refractivity contribution in [3.8, 4) is 0 Å². The van der Waals surface area contributed by atoms with E-state index < -0.39 is 0 Å². The van der Waals surface area contributed by atoms with Gasteiger partial charge in [-0.15, -0.1) is 0 Å². The van der Waals surface area contributed by atoms with E-state index in [-0.39, 0.29) is 11.3 Å². The molecule has 0 aromatic heterocycles. The molecule has 1 aromatic carbocycles. The molecule has 1 aromatic rings. The Morgan fingerprint density at radius 2 is 1.90 bits per heavy atom. The molecular formula is C17H25NO2. The zero-order valence-corrected chi connectivity index (χ0v) is 12.8. The monoisotopic (exact) mass is 275 g/mol. The molecule has 0 saturated carbocycles. The Morgan fingerprint density at radius 3 is 2.35 bits per heavy atom. The number of aryl methyl sites for hydroxylation is 1. The van der Waals surface area contributed by atoms with Gasteiger partial charge in [-0.3, -0.25) is 4.79 Å². The average molecular weight is 275 g/mol. The van der Waals surface area contributed by atoms with Crippen LogP contribution in [0.1, 0.15) is 43.1 Å². The Labute approximate surface area is 121 Å². The third-order valence-corrected chi connectivity index (χ3v) is 3.86. The lowest BCUT2D eigenvalue weighted by atomic mass is 9.88. The molecule has 1 heterocycles. The van der Waals surface area contributed by atoms with Crippen LogP contribution in [0.2, 0.25) is 0 Å². The molecule has 1 amide bonds. The smallest absolute Gasteiger partial charge is 0.253 e. The normalized spacial score (nSPS) is 16.6. The molecule has 0 spiro atoms. The van der Waals surface area contributed by atoms with Crippen LogP contribution in [-0.2, 0) is 11.2 Å². The predicted molar refractivity (Wildman–Crippen MR) is 80.9 cm³/mol. The molecule has 0 bridgehead atoms. The molecule has 0 unspecified atom stereocenters. The summed E-state index contributed by atoms with van der Waals surface area (Å²) in [5.41, 5.74) is 2.19. The molecule has 1 aliphatic heterocycles. The van der Waals surface area contributed by atoms with Crippen LogP contribution in [0.15, 0.2) is 24.3 Å². The van der Waals surface area contributed by atoms with Gasteiger partial charge in [0, 0.05) is 24.1 Å². The lowest BCUT2D eigenvalue weighted by molar-refractivity contribution is -0.111. The number of nitrogens with zero attached hydrogens (tertiary/aromatic N) is 1. The van der Waals surface area contributed by atoms with Crippen LogP contribution in [0.25, 0.3) is 0 Å². The first kappa shape index (κ1) is 15.0. The van der Waals surface area contributed by atoms with Crippen molar-refractivity contribution in [2.75, 3.05) is 26.3 Å². The molecule has 3 heteroatoms. The molecule has 0 aliphatic carbocycles. The second-order valence-electron chi connectivity index (χ2n) is 6.08. The highest BCUT2D eigenvalue weighted by Gasteiger charge is 2.36. The number of ether oxygens (including phenoxy) is 1. The Hall–Kier alpha value is -1.35. The lowest BCUT2D eigenvalue weighted by Crippen LogP contribution is -2.50. The topological polar surface area (TPSA) is 29.5 Å². The summed E-state index contributed by atoms with van der Waals surface area (Å²) in [6.45, 7) is 9.54. The molecule has 110 valence electrons. The van der Waals surface area contributed by atoms with Crippen LogP contribution in [0.5, 0.6) is 0 Å². The number of carbonyl (C=O) groups excluding carboxylic acids is 1. The lowest BCUT2D eigenvalue weighted by Gasteiger charge is -2.41. The summed E-state index contributed by atoms with van der Waals surface area (Å²) in [6.07, 6.45) is 1.98. The summed E-state index contributed by atoms with van der Waals surface area (Å²) < 4.78 is 5.29. The van der Waals surface area contributed by atoms with Crippen molar-refractivity contribution in [3.63, 3.8) is 0 Å². The van der Waals surface area contributed by atoms with Crippen molar-refractivity contribution in [1.82, 2.24) is 4.90 Å². The van der Waals surface area contributed by atoms with Crippen molar-refractivity contribution >= 4 is 5.91 Å². The van der Waals surface area contributed by atoms with Gasteiger partial charge in [-0.25, -0.2) is 0 Å². The highest BCUT2D eigenvalue weighted by molar-refractivity contribution is 5.94. The summed E-state index contributed by atoms with van der Waals surface area (Å²) in [7, 11) is 0. The zero-order chi connectivity index (χ0) is 14.6. The van der Waals surface area contributed by atoms with Gasteiger partial charge in [0.1, 0.15) is 0 Å². The molecule has 2 rings (SSSR count). The third-order valence-electron chi connectivity index (χ3n) is 3.86. The highest BCUT2D eigenvalue weighted by atomic mass is 16.5. The van der Waals surface area contributed by atoms with Gasteiger partial charge < -0.3 is 9.64 Å². The van der Waals surface area contributed by atoms with Crippen LogP contribution in [0.3, 0.4) is 0 Å². The second-order valence-corrected chi connectivity index (χ2v) is 6.08. The predicted octanol–water partition coefficient (Wildman–Crippen LogP) is 3.14. The van der Waals surface area contributed by atoms with Crippen molar-refractivity contribution in [1.29, 1.82) is 0 Å². The van der Waals surface area contributed by atoms with Gasteiger partial charge >= 0.3 is 0 Å². The summed E-state index contributed by atoms with van der Waals surface area (Å²) in [4.78, 5) is 14.6. The molecule has 1 saturated heterocycles. The van der Waals surface area contributed by atoms with Crippen molar-refractivity contribution in [3.05, 3.63) is 35.4 Å². The molecule has 1 fully saturated rings. The van der Waals surface area contributed by atoms with Gasteiger partial charge in [-0.2, -0.15) is 0 Å². The Morgan fingerprint density at radius 1 is 1.25 bits per heavy atom. The number of hydrogen-bond donors (Lipinski definition) is 0. The van der Waals surface area contributed by atoms with E-state index >= 15 is 0 Å². The molecular weight excluding hydrogens is 250 g/mol. The Kier molecular flexibility index (Phi) is 4.81. The van der Waals surface area contributed by atoms with E-state index in [1.807, 2.05) is 29.2 Å². The van der Waals surface area contributed by atoms with Crippen LogP contribution in [-0.4, -0.2) is 37.1 Å². The van der Waals surface area contributed by atoms with E-state index in [2.05, 4.69) is 20.8 Å². The van der Waals surface area contributed by atoms with E-state index in [4.69, 9.17) is 4.74 Å². The average Bonchev–Trinajstić information content (AvgIpc) is 2.44. The minimum Gasteiger partial charge on any atom is -0.380 e. The van der Waals surface area contributed by atoms with Crippen molar-refractivity contribution < 1.29 is 9.53 Å². The highest BCUT2D eigenvalue weighted by Crippen LogP contribution is 2.28. The van der Waals surface area contributed by atoms with Gasteiger partial charge in [0.15, 0.2) is 0 Å². The minimum absolute atomic E-state index is 0.133. The molecule has 0 atom stereocenters. The first-order valence-corrected chi connectivity index (χ1v) is 7.54. The minimum atomic E-state index is 0.133. The van der Waals surface area contributed by atoms with Crippen LogP contribution in [0.4, 0.5) is 0 Å². The van der Waals surface area contributed by atoms with E-state index in [9.17, 15) is 4.79 Å². The van der Waals surface area contributed by atoms with Gasteiger partial charge in [0.25, 0.3) is 5.91 Å². The third kappa shape index (κ3) is 3.40. The summed E-state index contributed by atoms with van der Waals surface area (Å²) in [6, 6.07) is 7.99. The zero-order valence-electron chi connectivity index (χ0n) is 12.8. The van der Waals surface area contributed by atoms with Crippen molar-refractivity contribution in [2.45, 2.75) is 33.6 Å². The number of hydrogen-bond acceptors (Lipinski definition) is 2. The maximum absolute atomic E-state index is 12.6. The van der Waals surface area contributed by atoms with Gasteiger partial charge in [0.2, 0.25) is 0 Å². The van der Waals surface area contributed by atoms with Gasteiger partial charge in [-0.1, -0.05) is 32.9 Å². The quantitative estimate of drug-likeness (QED) is 0.798. The second kappa shape index (κ2) is 6.40. The van der Waals surface area contributed by atoms with Crippen LogP contribution in [0, 0.1) is 5.41 Å². The first-order chi connectivity index (χ1) is 9.58. The van der Waals surface area contributed by atoms with Gasteiger partial charge in [-0.05, 0) is 30.5 Å². The fraction of sp³-hybridized carbons (Fsp3) is 0.588. The van der Waals surface area contributed by atoms with E-state index in [1.165, 1.54) is 5.56 Å². The van der Waals surface area contributed by atoms with Gasteiger partial charge in [0.05, 0.1) is 13.2 Å². The summed E-state index contributed by atoms with van der Waals surface area (Å²) in [5.74, 6) is 0.141. The number of benzene rings is 1. The standard InChI is InChI=1S/C17H25NO2/c1-4-10-18(11-17(3)12-20-13-17)16(19)15-8-6-14(5-2)7-9-15/h6-9H,4-5,10-13H2,1-3H3. The fourth-order valence-corrected chi connectivity index (χ4v) is 2.59. The van der Waals surface area contributed by atoms with Crippen molar-refractivity contribution in [2.24, 2.45) is 5.41 Å². The van der Waals surface area contributed by atoms with Crippen LogP contribution >= 0.6 is 0 Å². The maximum Gasteiger partial charge on any atom is 0.253 e. The maximum atomic E-state index is 12.6. The molecule has 0 N–H and O–H groups in total. The summed E-state index contributed by atoms with van der Waals surface area (Å²) >= 11 is 0.